The number of morpholine rings is 1. The van der Waals surface area contributed by atoms with E-state index in [9.17, 15) is 18.3 Å². The van der Waals surface area contributed by atoms with Crippen molar-refractivity contribution < 1.29 is 27.4 Å². The van der Waals surface area contributed by atoms with Crippen molar-refractivity contribution in [2.24, 2.45) is 0 Å². The molecule has 1 aliphatic rings. The first-order chi connectivity index (χ1) is 11.8. The molecule has 0 spiro atoms. The van der Waals surface area contributed by atoms with Gasteiger partial charge in [-0.1, -0.05) is 13.8 Å². The third kappa shape index (κ3) is 3.80. The molecule has 1 saturated heterocycles. The van der Waals surface area contributed by atoms with Crippen LogP contribution in [0.15, 0.2) is 16.5 Å². The summed E-state index contributed by atoms with van der Waals surface area (Å²) in [5, 5.41) is 9.43. The highest BCUT2D eigenvalue weighted by Gasteiger charge is 2.36. The minimum atomic E-state index is -4.52. The standard InChI is InChI=1S/C17H21F3N2O3/c1-10(2)16-21-14-6-11(5-13(15(14)25-16)17(18,19)20)7-22-3-4-24-9-12(22)8-23/h5-6,10,12,23H,3-4,7-9H2,1-2H3. The summed E-state index contributed by atoms with van der Waals surface area (Å²) >= 11 is 0. The molecule has 2 aromatic rings. The number of aliphatic hydroxyl groups excluding tert-OH is 1. The number of oxazole rings is 1. The van der Waals surface area contributed by atoms with Gasteiger partial charge in [0, 0.05) is 19.0 Å². The minimum absolute atomic E-state index is 0.101. The summed E-state index contributed by atoms with van der Waals surface area (Å²) in [6.07, 6.45) is -4.52. The molecule has 1 aliphatic heterocycles. The van der Waals surface area contributed by atoms with Crippen LogP contribution in [-0.2, 0) is 17.5 Å². The summed E-state index contributed by atoms with van der Waals surface area (Å²) in [6.45, 7) is 5.24. The van der Waals surface area contributed by atoms with Crippen LogP contribution in [0.2, 0.25) is 0 Å². The molecule has 1 aromatic heterocycles. The Morgan fingerprint density at radius 2 is 2.12 bits per heavy atom. The van der Waals surface area contributed by atoms with Gasteiger partial charge in [0.15, 0.2) is 11.5 Å². The lowest BCUT2D eigenvalue weighted by molar-refractivity contribution is -0.137. The number of rotatable bonds is 4. The second-order valence-electron chi connectivity index (χ2n) is 6.58. The molecule has 0 amide bonds. The highest BCUT2D eigenvalue weighted by molar-refractivity contribution is 5.78. The van der Waals surface area contributed by atoms with Gasteiger partial charge in [0.1, 0.15) is 11.1 Å². The number of ether oxygens (including phenoxy) is 1. The van der Waals surface area contributed by atoms with E-state index in [-0.39, 0.29) is 42.1 Å². The molecule has 0 radical (unpaired) electrons. The summed E-state index contributed by atoms with van der Waals surface area (Å²) in [6, 6.07) is 2.52. The van der Waals surface area contributed by atoms with E-state index in [2.05, 4.69) is 4.98 Å². The zero-order valence-electron chi connectivity index (χ0n) is 14.1. The van der Waals surface area contributed by atoms with Crippen molar-refractivity contribution in [1.29, 1.82) is 0 Å². The smallest absolute Gasteiger partial charge is 0.420 e. The maximum Gasteiger partial charge on any atom is 0.420 e. The molecule has 1 aromatic carbocycles. The summed E-state index contributed by atoms with van der Waals surface area (Å²) in [4.78, 5) is 6.14. The molecule has 0 bridgehead atoms. The van der Waals surface area contributed by atoms with E-state index in [1.165, 1.54) is 0 Å². The lowest BCUT2D eigenvalue weighted by Crippen LogP contribution is -2.46. The van der Waals surface area contributed by atoms with Gasteiger partial charge in [0.25, 0.3) is 0 Å². The van der Waals surface area contributed by atoms with Crippen LogP contribution < -0.4 is 0 Å². The average Bonchev–Trinajstić information content (AvgIpc) is 2.98. The molecular formula is C17H21F3N2O3. The third-order valence-electron chi connectivity index (χ3n) is 4.31. The van der Waals surface area contributed by atoms with Crippen LogP contribution >= 0.6 is 0 Å². The summed E-state index contributed by atoms with van der Waals surface area (Å²) in [5.41, 5.74) is -0.333. The number of alkyl halides is 3. The van der Waals surface area contributed by atoms with Crippen LogP contribution in [0.1, 0.15) is 36.8 Å². The lowest BCUT2D eigenvalue weighted by Gasteiger charge is -2.34. The molecule has 3 rings (SSSR count). The molecule has 1 atom stereocenters. The Morgan fingerprint density at radius 3 is 2.76 bits per heavy atom. The van der Waals surface area contributed by atoms with Crippen LogP contribution in [0.4, 0.5) is 13.2 Å². The van der Waals surface area contributed by atoms with Gasteiger partial charge in [-0.25, -0.2) is 4.98 Å². The van der Waals surface area contributed by atoms with E-state index in [1.807, 2.05) is 18.7 Å². The lowest BCUT2D eigenvalue weighted by atomic mass is 10.1. The topological polar surface area (TPSA) is 58.7 Å². The van der Waals surface area contributed by atoms with Crippen molar-refractivity contribution in [3.05, 3.63) is 29.2 Å². The first-order valence-electron chi connectivity index (χ1n) is 8.22. The van der Waals surface area contributed by atoms with Crippen LogP contribution in [0, 0.1) is 0 Å². The normalized spacial score (nSPS) is 19.9. The fourth-order valence-corrected chi connectivity index (χ4v) is 2.96. The molecule has 1 fully saturated rings. The Bertz CT molecular complexity index is 743. The Morgan fingerprint density at radius 1 is 1.36 bits per heavy atom. The Balaban J connectivity index is 2.00. The SMILES string of the molecule is CC(C)c1nc2cc(CN3CCOCC3CO)cc(C(F)(F)F)c2o1. The highest BCUT2D eigenvalue weighted by atomic mass is 19.4. The molecule has 1 N–H and O–H groups in total. The zero-order chi connectivity index (χ0) is 18.2. The quantitative estimate of drug-likeness (QED) is 0.910. The minimum Gasteiger partial charge on any atom is -0.440 e. The molecule has 0 saturated carbocycles. The van der Waals surface area contributed by atoms with Crippen molar-refractivity contribution in [2.45, 2.75) is 38.5 Å². The molecule has 8 heteroatoms. The number of fused-ring (bicyclic) bond motifs is 1. The average molecular weight is 358 g/mol. The van der Waals surface area contributed by atoms with E-state index in [1.54, 1.807) is 6.07 Å². The van der Waals surface area contributed by atoms with Crippen molar-refractivity contribution in [3.8, 4) is 0 Å². The van der Waals surface area contributed by atoms with Gasteiger partial charge in [-0.05, 0) is 17.7 Å². The van der Waals surface area contributed by atoms with E-state index >= 15 is 0 Å². The second kappa shape index (κ2) is 6.93. The number of benzene rings is 1. The van der Waals surface area contributed by atoms with Crippen LogP contribution in [0.25, 0.3) is 11.1 Å². The maximum absolute atomic E-state index is 13.5. The van der Waals surface area contributed by atoms with E-state index in [4.69, 9.17) is 9.15 Å². The number of halogens is 3. The molecule has 1 unspecified atom stereocenters. The maximum atomic E-state index is 13.5. The fourth-order valence-electron chi connectivity index (χ4n) is 2.96. The van der Waals surface area contributed by atoms with E-state index in [0.717, 1.165) is 6.07 Å². The summed E-state index contributed by atoms with van der Waals surface area (Å²) < 4.78 is 51.1. The number of hydrogen-bond donors (Lipinski definition) is 1. The Kier molecular flexibility index (Phi) is 5.04. The van der Waals surface area contributed by atoms with Gasteiger partial charge in [-0.2, -0.15) is 13.2 Å². The monoisotopic (exact) mass is 358 g/mol. The Hall–Kier alpha value is -1.64. The number of nitrogens with zero attached hydrogens (tertiary/aromatic N) is 2. The summed E-state index contributed by atoms with van der Waals surface area (Å²) in [5.74, 6) is 0.187. The van der Waals surface area contributed by atoms with Crippen LogP contribution in [0.5, 0.6) is 0 Å². The van der Waals surface area contributed by atoms with Gasteiger partial charge in [-0.3, -0.25) is 4.90 Å². The van der Waals surface area contributed by atoms with E-state index < -0.39 is 11.7 Å². The largest absolute Gasteiger partial charge is 0.440 e. The fraction of sp³-hybridized carbons (Fsp3) is 0.588. The molecule has 25 heavy (non-hydrogen) atoms. The second-order valence-corrected chi connectivity index (χ2v) is 6.58. The zero-order valence-corrected chi connectivity index (χ0v) is 14.1. The van der Waals surface area contributed by atoms with Crippen molar-refractivity contribution in [1.82, 2.24) is 9.88 Å². The molecular weight excluding hydrogens is 337 g/mol. The third-order valence-corrected chi connectivity index (χ3v) is 4.31. The van der Waals surface area contributed by atoms with Crippen LogP contribution in [-0.4, -0.2) is 47.4 Å². The molecule has 5 nitrogen and oxygen atoms in total. The van der Waals surface area contributed by atoms with Crippen LogP contribution in [0.3, 0.4) is 0 Å². The number of aliphatic hydroxyl groups is 1. The molecule has 0 aliphatic carbocycles. The van der Waals surface area contributed by atoms with Crippen molar-refractivity contribution in [2.75, 3.05) is 26.4 Å². The van der Waals surface area contributed by atoms with Gasteiger partial charge in [0.2, 0.25) is 0 Å². The Labute approximate surface area is 143 Å². The highest BCUT2D eigenvalue weighted by Crippen LogP contribution is 2.37. The predicted molar refractivity (Wildman–Crippen MR) is 85.2 cm³/mol. The van der Waals surface area contributed by atoms with Gasteiger partial charge < -0.3 is 14.3 Å². The van der Waals surface area contributed by atoms with Gasteiger partial charge in [0.05, 0.1) is 25.9 Å². The molecule has 138 valence electrons. The number of aromatic nitrogens is 1. The molecule has 2 heterocycles. The van der Waals surface area contributed by atoms with Crippen molar-refractivity contribution >= 4 is 11.1 Å². The van der Waals surface area contributed by atoms with Gasteiger partial charge in [-0.15, -0.1) is 0 Å². The first kappa shape index (κ1) is 18.2. The number of hydrogen-bond acceptors (Lipinski definition) is 5. The van der Waals surface area contributed by atoms with Gasteiger partial charge >= 0.3 is 6.18 Å². The van der Waals surface area contributed by atoms with E-state index in [0.29, 0.717) is 25.3 Å². The summed E-state index contributed by atoms with van der Waals surface area (Å²) in [7, 11) is 0. The van der Waals surface area contributed by atoms with Crippen molar-refractivity contribution in [3.63, 3.8) is 0 Å². The predicted octanol–water partition coefficient (Wildman–Crippen LogP) is 3.16. The first-order valence-corrected chi connectivity index (χ1v) is 8.22.